The van der Waals surface area contributed by atoms with Crippen molar-refractivity contribution < 1.29 is 4.79 Å². The molecular weight excluding hydrogens is 392 g/mol. The second-order valence-corrected chi connectivity index (χ2v) is 8.58. The van der Waals surface area contributed by atoms with Crippen molar-refractivity contribution in [2.45, 2.75) is 51.4 Å². The van der Waals surface area contributed by atoms with Crippen molar-refractivity contribution in [1.29, 1.82) is 0 Å². The number of carbonyl (C=O) groups is 1. The van der Waals surface area contributed by atoms with Crippen molar-refractivity contribution in [3.8, 4) is 11.1 Å². The second-order valence-electron chi connectivity index (χ2n) is 8.58. The molecular formula is C29H32N2O. The number of carbonyl (C=O) groups excluding carboxylic acids is 1. The summed E-state index contributed by atoms with van der Waals surface area (Å²) in [5.41, 5.74) is 3.78. The predicted octanol–water partition coefficient (Wildman–Crippen LogP) is 7.72. The molecule has 0 spiro atoms. The van der Waals surface area contributed by atoms with E-state index in [1.54, 1.807) is 0 Å². The van der Waals surface area contributed by atoms with Crippen LogP contribution in [-0.4, -0.2) is 10.9 Å². The van der Waals surface area contributed by atoms with Crippen molar-refractivity contribution in [3.63, 3.8) is 0 Å². The number of para-hydroxylation sites is 1. The topological polar surface area (TPSA) is 42.0 Å². The molecule has 4 rings (SSSR count). The van der Waals surface area contributed by atoms with E-state index in [1.807, 2.05) is 66.9 Å². The van der Waals surface area contributed by atoms with Gasteiger partial charge in [0.15, 0.2) is 0 Å². The Morgan fingerprint density at radius 2 is 1.28 bits per heavy atom. The first-order valence-electron chi connectivity index (χ1n) is 11.9. The zero-order valence-electron chi connectivity index (χ0n) is 18.7. The van der Waals surface area contributed by atoms with E-state index >= 15 is 0 Å². The fourth-order valence-electron chi connectivity index (χ4n) is 4.54. The summed E-state index contributed by atoms with van der Waals surface area (Å²) in [4.78, 5) is 18.0. The second kappa shape index (κ2) is 11.4. The predicted molar refractivity (Wildman–Crippen MR) is 134 cm³/mol. The third kappa shape index (κ3) is 5.73. The Bertz CT molecular complexity index is 1070. The van der Waals surface area contributed by atoms with Crippen molar-refractivity contribution in [3.05, 3.63) is 85.1 Å². The van der Waals surface area contributed by atoms with Gasteiger partial charge in [0.25, 0.3) is 0 Å². The minimum absolute atomic E-state index is 0.0777. The maximum absolute atomic E-state index is 13.3. The van der Waals surface area contributed by atoms with Crippen LogP contribution in [0.4, 0.5) is 5.69 Å². The largest absolute Gasteiger partial charge is 0.324 e. The maximum Gasteiger partial charge on any atom is 0.227 e. The summed E-state index contributed by atoms with van der Waals surface area (Å²) < 4.78 is 0. The van der Waals surface area contributed by atoms with E-state index in [0.29, 0.717) is 0 Å². The number of hydrogen-bond donors (Lipinski definition) is 1. The molecule has 32 heavy (non-hydrogen) atoms. The molecule has 164 valence electrons. The van der Waals surface area contributed by atoms with Gasteiger partial charge in [0.05, 0.1) is 17.4 Å². The van der Waals surface area contributed by atoms with E-state index in [0.717, 1.165) is 53.4 Å². The third-order valence-electron chi connectivity index (χ3n) is 6.27. The molecule has 0 unspecified atom stereocenters. The van der Waals surface area contributed by atoms with Gasteiger partial charge in [-0.2, -0.15) is 0 Å². The summed E-state index contributed by atoms with van der Waals surface area (Å²) >= 11 is 0. The summed E-state index contributed by atoms with van der Waals surface area (Å²) in [7, 11) is 0. The molecule has 3 heteroatoms. The fraction of sp³-hybridized carbons (Fsp3) is 0.310. The molecule has 0 atom stereocenters. The number of nitrogens with one attached hydrogen (secondary N) is 1. The number of rotatable bonds is 3. The number of benzene rings is 1. The molecule has 1 heterocycles. The summed E-state index contributed by atoms with van der Waals surface area (Å²) in [5, 5.41) is 4.31. The Morgan fingerprint density at radius 1 is 0.719 bits per heavy atom. The van der Waals surface area contributed by atoms with Crippen LogP contribution in [0.5, 0.6) is 0 Å². The van der Waals surface area contributed by atoms with E-state index in [-0.39, 0.29) is 11.8 Å². The van der Waals surface area contributed by atoms with Gasteiger partial charge in [-0.1, -0.05) is 111 Å². The van der Waals surface area contributed by atoms with Gasteiger partial charge in [-0.3, -0.25) is 9.78 Å². The van der Waals surface area contributed by atoms with Gasteiger partial charge in [-0.25, -0.2) is 0 Å². The summed E-state index contributed by atoms with van der Waals surface area (Å²) in [6.45, 7) is 0. The molecule has 1 fully saturated rings. The van der Waals surface area contributed by atoms with Crippen LogP contribution >= 0.6 is 0 Å². The van der Waals surface area contributed by atoms with E-state index in [2.05, 4.69) is 28.5 Å². The van der Waals surface area contributed by atoms with Crippen molar-refractivity contribution >= 4 is 22.5 Å². The highest BCUT2D eigenvalue weighted by Gasteiger charge is 2.21. The smallest absolute Gasteiger partial charge is 0.227 e. The van der Waals surface area contributed by atoms with Crippen LogP contribution in [0.15, 0.2) is 85.1 Å². The number of aromatic nitrogens is 1. The monoisotopic (exact) mass is 424 g/mol. The highest BCUT2D eigenvalue weighted by atomic mass is 16.1. The molecule has 1 amide bonds. The average Bonchev–Trinajstić information content (AvgIpc) is 2.96. The minimum atomic E-state index is 0.0777. The Kier molecular flexibility index (Phi) is 7.86. The van der Waals surface area contributed by atoms with Crippen LogP contribution in [0.2, 0.25) is 0 Å². The zero-order chi connectivity index (χ0) is 22.0. The van der Waals surface area contributed by atoms with Crippen molar-refractivity contribution in [1.82, 2.24) is 4.98 Å². The van der Waals surface area contributed by atoms with E-state index < -0.39 is 0 Å². The number of nitrogens with zero attached hydrogens (tertiary/aromatic N) is 1. The summed E-state index contributed by atoms with van der Waals surface area (Å²) in [6, 6.07) is 26.4. The lowest BCUT2D eigenvalue weighted by Gasteiger charge is -2.18. The standard InChI is InChI=1S/C29H32N2O/c32-29(24-18-12-8-4-5-9-13-19-24)31-27-22-30-26-21-15-14-20-25(26)28(27)23-16-10-6-2-1-3-7-11-17-23/h1-3,6-7,10-11,14-17,20-22,24H,4-5,8-9,12-13,18-19H2,(H,31,32). The lowest BCUT2D eigenvalue weighted by atomic mass is 9.95. The van der Waals surface area contributed by atoms with Crippen LogP contribution in [0, 0.1) is 5.92 Å². The Morgan fingerprint density at radius 3 is 1.97 bits per heavy atom. The normalized spacial score (nSPS) is 15.1. The molecule has 0 radical (unpaired) electrons. The number of pyridine rings is 1. The van der Waals surface area contributed by atoms with Gasteiger partial charge < -0.3 is 5.32 Å². The molecule has 0 bridgehead atoms. The summed E-state index contributed by atoms with van der Waals surface area (Å²) in [5.74, 6) is 0.210. The third-order valence-corrected chi connectivity index (χ3v) is 6.27. The molecule has 3 nitrogen and oxygen atoms in total. The molecule has 0 aliphatic heterocycles. The molecule has 1 saturated carbocycles. The molecule has 2 aromatic carbocycles. The minimum Gasteiger partial charge on any atom is -0.324 e. The van der Waals surface area contributed by atoms with E-state index in [4.69, 9.17) is 0 Å². The highest BCUT2D eigenvalue weighted by molar-refractivity contribution is 6.05. The lowest BCUT2D eigenvalue weighted by Crippen LogP contribution is -2.23. The maximum atomic E-state index is 13.3. The van der Waals surface area contributed by atoms with Crippen LogP contribution in [0.25, 0.3) is 22.0 Å². The first-order valence-corrected chi connectivity index (χ1v) is 11.9. The number of fused-ring (bicyclic) bond motifs is 1. The fourth-order valence-corrected chi connectivity index (χ4v) is 4.54. The van der Waals surface area contributed by atoms with Gasteiger partial charge in [-0.15, -0.1) is 0 Å². The number of hydrogen-bond acceptors (Lipinski definition) is 2. The van der Waals surface area contributed by atoms with Crippen molar-refractivity contribution in [2.24, 2.45) is 5.92 Å². The van der Waals surface area contributed by atoms with Crippen molar-refractivity contribution in [2.75, 3.05) is 5.32 Å². The average molecular weight is 425 g/mol. The van der Waals surface area contributed by atoms with E-state index in [1.165, 1.54) is 25.7 Å². The zero-order valence-corrected chi connectivity index (χ0v) is 18.7. The van der Waals surface area contributed by atoms with E-state index in [9.17, 15) is 4.79 Å². The molecule has 1 aliphatic carbocycles. The summed E-state index contributed by atoms with van der Waals surface area (Å²) in [6.07, 6.45) is 11.1. The van der Waals surface area contributed by atoms with Gasteiger partial charge in [-0.05, 0) is 24.5 Å². The Balaban J connectivity index is 1.74. The van der Waals surface area contributed by atoms with Gasteiger partial charge in [0.1, 0.15) is 0 Å². The Labute approximate surface area is 191 Å². The van der Waals surface area contributed by atoms with Crippen LogP contribution in [0.1, 0.15) is 51.4 Å². The lowest BCUT2D eigenvalue weighted by molar-refractivity contribution is -0.120. The van der Waals surface area contributed by atoms with Crippen LogP contribution < -0.4 is 5.32 Å². The molecule has 0 saturated heterocycles. The Hall–Kier alpha value is -3.20. The van der Waals surface area contributed by atoms with Crippen LogP contribution in [0.3, 0.4) is 0 Å². The molecule has 1 aliphatic rings. The van der Waals surface area contributed by atoms with Gasteiger partial charge in [0.2, 0.25) is 5.91 Å². The van der Waals surface area contributed by atoms with Crippen LogP contribution in [-0.2, 0) is 4.79 Å². The molecule has 3 aromatic rings. The highest BCUT2D eigenvalue weighted by Crippen LogP contribution is 2.34. The molecule has 1 aromatic heterocycles. The number of anilines is 1. The first kappa shape index (κ1) is 22.0. The quantitative estimate of drug-likeness (QED) is 0.468. The molecule has 1 N–H and O–H groups in total. The SMILES string of the molecule is O=C(Nc1cnc2ccccc2c1-c1ccccccccc1)C1CCCCCCCC1. The first-order chi connectivity index (χ1) is 15.8. The number of amides is 1. The van der Waals surface area contributed by atoms with Gasteiger partial charge >= 0.3 is 0 Å². The van der Waals surface area contributed by atoms with Gasteiger partial charge in [0, 0.05) is 16.9 Å².